The number of hydrogen-bond donors (Lipinski definition) is 1. The van der Waals surface area contributed by atoms with Gasteiger partial charge in [-0.1, -0.05) is 6.07 Å². The summed E-state index contributed by atoms with van der Waals surface area (Å²) in [6.45, 7) is 4.47. The van der Waals surface area contributed by atoms with Gasteiger partial charge >= 0.3 is 6.03 Å². The van der Waals surface area contributed by atoms with Gasteiger partial charge in [-0.2, -0.15) is 0 Å². The molecule has 3 rings (SSSR count). The number of halogens is 1. The zero-order valence-electron chi connectivity index (χ0n) is 12.8. The Labute approximate surface area is 137 Å². The van der Waals surface area contributed by atoms with Crippen molar-refractivity contribution < 1.29 is 14.0 Å². The van der Waals surface area contributed by atoms with Gasteiger partial charge in [-0.15, -0.1) is 11.3 Å². The Hall–Kier alpha value is -2.15. The fourth-order valence-electron chi connectivity index (χ4n) is 2.66. The number of benzene rings is 1. The number of fused-ring (bicyclic) bond motifs is 1. The van der Waals surface area contributed by atoms with Crippen LogP contribution in [0.2, 0.25) is 0 Å². The Morgan fingerprint density at radius 3 is 2.57 bits per heavy atom. The Bertz CT molecular complexity index is 738. The smallest absolute Gasteiger partial charge is 0.317 e. The van der Waals surface area contributed by atoms with Crippen LogP contribution >= 0.6 is 11.3 Å². The highest BCUT2D eigenvalue weighted by Gasteiger charge is 2.25. The van der Waals surface area contributed by atoms with E-state index in [4.69, 9.17) is 0 Å². The molecule has 0 bridgehead atoms. The summed E-state index contributed by atoms with van der Waals surface area (Å²) < 4.78 is 14.5. The van der Waals surface area contributed by atoms with E-state index >= 15 is 0 Å². The molecule has 1 fully saturated rings. The third-order valence-electron chi connectivity index (χ3n) is 3.90. The molecule has 7 heteroatoms. The molecular weight excluding hydrogens is 317 g/mol. The van der Waals surface area contributed by atoms with Gasteiger partial charge in [0, 0.05) is 42.8 Å². The van der Waals surface area contributed by atoms with Crippen molar-refractivity contribution in [3.05, 3.63) is 35.0 Å². The lowest BCUT2D eigenvalue weighted by Gasteiger charge is -2.34. The van der Waals surface area contributed by atoms with Gasteiger partial charge in [-0.25, -0.2) is 9.18 Å². The molecule has 1 aromatic carbocycles. The number of carbonyl (C=O) groups is 2. The monoisotopic (exact) mass is 335 g/mol. The second-order valence-electron chi connectivity index (χ2n) is 5.38. The highest BCUT2D eigenvalue weighted by atomic mass is 32.1. The molecule has 0 saturated carbocycles. The van der Waals surface area contributed by atoms with Crippen LogP contribution < -0.4 is 5.32 Å². The maximum absolute atomic E-state index is 13.7. The summed E-state index contributed by atoms with van der Waals surface area (Å²) in [5.74, 6) is -0.403. The number of urea groups is 1. The lowest BCUT2D eigenvalue weighted by molar-refractivity contribution is 0.0670. The zero-order chi connectivity index (χ0) is 16.4. The molecule has 0 aliphatic carbocycles. The van der Waals surface area contributed by atoms with Crippen LogP contribution in [-0.2, 0) is 0 Å². The average molecular weight is 335 g/mol. The van der Waals surface area contributed by atoms with Gasteiger partial charge in [0.25, 0.3) is 5.91 Å². The average Bonchev–Trinajstić information content (AvgIpc) is 3.00. The second kappa shape index (κ2) is 6.54. The number of nitrogens with zero attached hydrogens (tertiary/aromatic N) is 2. The van der Waals surface area contributed by atoms with Gasteiger partial charge in [0.05, 0.1) is 4.88 Å². The molecule has 23 heavy (non-hydrogen) atoms. The van der Waals surface area contributed by atoms with E-state index in [2.05, 4.69) is 5.32 Å². The number of thiophene rings is 1. The van der Waals surface area contributed by atoms with E-state index in [0.717, 1.165) is 4.70 Å². The van der Waals surface area contributed by atoms with E-state index < -0.39 is 0 Å². The number of piperazine rings is 1. The second-order valence-corrected chi connectivity index (χ2v) is 6.46. The predicted molar refractivity (Wildman–Crippen MR) is 88.3 cm³/mol. The summed E-state index contributed by atoms with van der Waals surface area (Å²) in [5, 5.41) is 3.25. The lowest BCUT2D eigenvalue weighted by Crippen LogP contribution is -2.53. The number of amides is 3. The minimum Gasteiger partial charge on any atom is -0.338 e. The normalized spacial score (nSPS) is 15.0. The fourth-order valence-corrected chi connectivity index (χ4v) is 3.71. The topological polar surface area (TPSA) is 52.7 Å². The summed E-state index contributed by atoms with van der Waals surface area (Å²) in [4.78, 5) is 28.3. The molecule has 2 aromatic rings. The van der Waals surface area contributed by atoms with Crippen LogP contribution in [0.5, 0.6) is 0 Å². The van der Waals surface area contributed by atoms with Crippen LogP contribution in [0.25, 0.3) is 10.1 Å². The van der Waals surface area contributed by atoms with Crippen molar-refractivity contribution in [1.82, 2.24) is 15.1 Å². The summed E-state index contributed by atoms with van der Waals surface area (Å²) in [6, 6.07) is 6.38. The van der Waals surface area contributed by atoms with E-state index in [1.807, 2.05) is 13.0 Å². The molecular formula is C16H18FN3O2S. The first-order chi connectivity index (χ1) is 11.1. The van der Waals surface area contributed by atoms with Crippen molar-refractivity contribution >= 4 is 33.4 Å². The molecule has 2 heterocycles. The van der Waals surface area contributed by atoms with Gasteiger partial charge in [0.1, 0.15) is 5.82 Å². The van der Waals surface area contributed by atoms with Crippen molar-refractivity contribution in [3.63, 3.8) is 0 Å². The molecule has 1 aromatic heterocycles. The van der Waals surface area contributed by atoms with E-state index in [-0.39, 0.29) is 17.8 Å². The number of hydrogen-bond acceptors (Lipinski definition) is 3. The van der Waals surface area contributed by atoms with Crippen molar-refractivity contribution in [1.29, 1.82) is 0 Å². The predicted octanol–water partition coefficient (Wildman–Crippen LogP) is 2.53. The third-order valence-corrected chi connectivity index (χ3v) is 4.99. The molecule has 1 saturated heterocycles. The number of rotatable bonds is 2. The van der Waals surface area contributed by atoms with Crippen LogP contribution in [0.15, 0.2) is 24.3 Å². The van der Waals surface area contributed by atoms with Gasteiger partial charge in [0.15, 0.2) is 0 Å². The van der Waals surface area contributed by atoms with Gasteiger partial charge in [-0.3, -0.25) is 4.79 Å². The SMILES string of the molecule is CCNC(=O)N1CCN(C(=O)c2cc3c(F)cccc3s2)CC1. The first-order valence-corrected chi connectivity index (χ1v) is 8.42. The highest BCUT2D eigenvalue weighted by molar-refractivity contribution is 7.20. The summed E-state index contributed by atoms with van der Waals surface area (Å²) in [7, 11) is 0. The Morgan fingerprint density at radius 2 is 1.91 bits per heavy atom. The molecule has 0 spiro atoms. The van der Waals surface area contributed by atoms with Crippen LogP contribution in [0.3, 0.4) is 0 Å². The maximum Gasteiger partial charge on any atom is 0.317 e. The van der Waals surface area contributed by atoms with E-state index in [0.29, 0.717) is 43.0 Å². The Balaban J connectivity index is 1.69. The fraction of sp³-hybridized carbons (Fsp3) is 0.375. The third kappa shape index (κ3) is 3.14. The molecule has 1 aliphatic rings. The summed E-state index contributed by atoms with van der Waals surface area (Å²) in [5.41, 5.74) is 0. The molecule has 0 radical (unpaired) electrons. The van der Waals surface area contributed by atoms with Gasteiger partial charge in [-0.05, 0) is 25.1 Å². The molecule has 0 unspecified atom stereocenters. The molecule has 0 atom stereocenters. The van der Waals surface area contributed by atoms with E-state index in [9.17, 15) is 14.0 Å². The molecule has 5 nitrogen and oxygen atoms in total. The molecule has 1 aliphatic heterocycles. The first-order valence-electron chi connectivity index (χ1n) is 7.60. The van der Waals surface area contributed by atoms with Crippen molar-refractivity contribution in [3.8, 4) is 0 Å². The highest BCUT2D eigenvalue weighted by Crippen LogP contribution is 2.28. The molecule has 3 amide bonds. The minimum absolute atomic E-state index is 0.0940. The van der Waals surface area contributed by atoms with E-state index in [1.165, 1.54) is 17.4 Å². The quantitative estimate of drug-likeness (QED) is 0.917. The standard InChI is InChI=1S/C16H18FN3O2S/c1-2-18-16(22)20-8-6-19(7-9-20)15(21)14-10-11-12(17)4-3-5-13(11)23-14/h3-5,10H,2,6-9H2,1H3,(H,18,22). The first kappa shape index (κ1) is 15.7. The van der Waals surface area contributed by atoms with E-state index in [1.54, 1.807) is 21.9 Å². The number of carbonyl (C=O) groups excluding carboxylic acids is 2. The maximum atomic E-state index is 13.7. The zero-order valence-corrected chi connectivity index (χ0v) is 13.7. The van der Waals surface area contributed by atoms with Crippen molar-refractivity contribution in [2.75, 3.05) is 32.7 Å². The minimum atomic E-state index is -0.307. The van der Waals surface area contributed by atoms with Crippen LogP contribution in [-0.4, -0.2) is 54.5 Å². The van der Waals surface area contributed by atoms with Crippen LogP contribution in [0.4, 0.5) is 9.18 Å². The van der Waals surface area contributed by atoms with Gasteiger partial charge in [0.2, 0.25) is 0 Å². The molecule has 122 valence electrons. The Kier molecular flexibility index (Phi) is 4.47. The molecule has 1 N–H and O–H groups in total. The lowest BCUT2D eigenvalue weighted by atomic mass is 10.2. The Morgan fingerprint density at radius 1 is 1.22 bits per heavy atom. The summed E-state index contributed by atoms with van der Waals surface area (Å²) in [6.07, 6.45) is 0. The largest absolute Gasteiger partial charge is 0.338 e. The summed E-state index contributed by atoms with van der Waals surface area (Å²) >= 11 is 1.30. The van der Waals surface area contributed by atoms with Crippen LogP contribution in [0, 0.1) is 5.82 Å². The van der Waals surface area contributed by atoms with Crippen molar-refractivity contribution in [2.24, 2.45) is 0 Å². The van der Waals surface area contributed by atoms with Gasteiger partial charge < -0.3 is 15.1 Å². The van der Waals surface area contributed by atoms with Crippen LogP contribution in [0.1, 0.15) is 16.6 Å². The van der Waals surface area contributed by atoms with Crippen molar-refractivity contribution in [2.45, 2.75) is 6.92 Å². The number of nitrogens with one attached hydrogen (secondary N) is 1.